The first kappa shape index (κ1) is 9.48. The van der Waals surface area contributed by atoms with Crippen molar-refractivity contribution in [1.29, 1.82) is 0 Å². The van der Waals surface area contributed by atoms with E-state index < -0.39 is 6.29 Å². The lowest BCUT2D eigenvalue weighted by atomic mass is 10.1. The zero-order valence-electron chi connectivity index (χ0n) is 7.54. The summed E-state index contributed by atoms with van der Waals surface area (Å²) in [6, 6.07) is 7.35. The third kappa shape index (κ3) is 1.73. The van der Waals surface area contributed by atoms with Crippen LogP contribution in [0.25, 0.3) is 0 Å². The molecule has 5 heteroatoms. The van der Waals surface area contributed by atoms with Gasteiger partial charge in [0.2, 0.25) is 0 Å². The fourth-order valence-corrected chi connectivity index (χ4v) is 1.89. The van der Waals surface area contributed by atoms with E-state index in [-0.39, 0.29) is 5.25 Å². The van der Waals surface area contributed by atoms with Crippen molar-refractivity contribution in [1.82, 2.24) is 0 Å². The van der Waals surface area contributed by atoms with Crippen LogP contribution in [0.3, 0.4) is 0 Å². The molecule has 0 spiro atoms. The Morgan fingerprint density at radius 3 is 2.64 bits per heavy atom. The zero-order valence-corrected chi connectivity index (χ0v) is 8.36. The van der Waals surface area contributed by atoms with Crippen molar-refractivity contribution < 1.29 is 9.84 Å². The van der Waals surface area contributed by atoms with Gasteiger partial charge in [-0.2, -0.15) is 0 Å². The van der Waals surface area contributed by atoms with E-state index in [0.717, 1.165) is 11.3 Å². The molecule has 0 radical (unpaired) electrons. The predicted molar refractivity (Wildman–Crippen MR) is 52.9 cm³/mol. The molecular formula is C9H9NO3S. The van der Waals surface area contributed by atoms with Crippen LogP contribution < -0.4 is 9.84 Å². The lowest BCUT2D eigenvalue weighted by Crippen LogP contribution is -2.26. The van der Waals surface area contributed by atoms with Crippen LogP contribution in [0.15, 0.2) is 28.8 Å². The van der Waals surface area contributed by atoms with Gasteiger partial charge in [-0.1, -0.05) is 12.1 Å². The van der Waals surface area contributed by atoms with Gasteiger partial charge in [0.25, 0.3) is 6.29 Å². The van der Waals surface area contributed by atoms with E-state index >= 15 is 0 Å². The number of rotatable bonds is 2. The van der Waals surface area contributed by atoms with Crippen molar-refractivity contribution in [2.45, 2.75) is 11.5 Å². The minimum absolute atomic E-state index is 0.249. The average Bonchev–Trinajstić information content (AvgIpc) is 2.65. The third-order valence-electron chi connectivity index (χ3n) is 2.00. The van der Waals surface area contributed by atoms with Crippen LogP contribution in [-0.2, 0) is 0 Å². The maximum atomic E-state index is 11.2. The molecule has 0 fully saturated rings. The molecule has 14 heavy (non-hydrogen) atoms. The Balaban J connectivity index is 2.17. The number of hydrogen-bond acceptors (Lipinski definition) is 4. The van der Waals surface area contributed by atoms with Crippen LogP contribution in [0.4, 0.5) is 0 Å². The van der Waals surface area contributed by atoms with Crippen LogP contribution in [-0.4, -0.2) is 13.4 Å². The van der Waals surface area contributed by atoms with Crippen molar-refractivity contribution in [3.63, 3.8) is 0 Å². The monoisotopic (exact) mass is 211 g/mol. The minimum atomic E-state index is -1.10. The van der Waals surface area contributed by atoms with Crippen LogP contribution >= 0.6 is 11.9 Å². The Kier molecular flexibility index (Phi) is 2.69. The molecule has 1 aromatic carbocycles. The molecule has 0 aromatic heterocycles. The standard InChI is InChI=1S/C9H9NO3S/c1-12-7-4-2-6(3-5-7)8-9(11)13-10-14-8/h2-5,8-9H,1H3. The minimum Gasteiger partial charge on any atom is -0.767 e. The molecule has 0 aliphatic carbocycles. The maximum Gasteiger partial charge on any atom is 0.284 e. The van der Waals surface area contributed by atoms with Crippen LogP contribution in [0, 0.1) is 4.54 Å². The second kappa shape index (κ2) is 3.98. The first-order chi connectivity index (χ1) is 6.81. The van der Waals surface area contributed by atoms with E-state index in [9.17, 15) is 5.11 Å². The Bertz CT molecular complexity index is 338. The van der Waals surface area contributed by atoms with Gasteiger partial charge in [0.15, 0.2) is 4.58 Å². The molecular weight excluding hydrogens is 202 g/mol. The highest BCUT2D eigenvalue weighted by atomic mass is 32.2. The molecule has 0 saturated carbocycles. The van der Waals surface area contributed by atoms with Gasteiger partial charge in [0.05, 0.1) is 19.1 Å². The SMILES string of the molecule is COc1ccc(C2SN=[O+]C2[O-])cc1. The molecule has 2 rings (SSSR count). The fraction of sp³-hybridized carbons (Fsp3) is 0.333. The van der Waals surface area contributed by atoms with Gasteiger partial charge in [-0.3, -0.25) is 0 Å². The third-order valence-corrected chi connectivity index (χ3v) is 2.89. The number of ether oxygens (including phenoxy) is 1. The topological polar surface area (TPSA) is 56.0 Å². The molecule has 0 N–H and O–H groups in total. The molecule has 74 valence electrons. The van der Waals surface area contributed by atoms with Crippen LogP contribution in [0.1, 0.15) is 10.8 Å². The van der Waals surface area contributed by atoms with E-state index in [0.29, 0.717) is 0 Å². The summed E-state index contributed by atoms with van der Waals surface area (Å²) in [5.74, 6) is 0.775. The van der Waals surface area contributed by atoms with Gasteiger partial charge in [-0.25, -0.2) is 0 Å². The quantitative estimate of drug-likeness (QED) is 0.548. The van der Waals surface area contributed by atoms with Crippen molar-refractivity contribution >= 4 is 11.9 Å². The second-order valence-electron chi connectivity index (χ2n) is 2.85. The summed E-state index contributed by atoms with van der Waals surface area (Å²) in [7, 11) is 1.61. The van der Waals surface area contributed by atoms with E-state index in [1.54, 1.807) is 7.11 Å². The van der Waals surface area contributed by atoms with E-state index in [1.807, 2.05) is 24.3 Å². The summed E-state index contributed by atoms with van der Waals surface area (Å²) >= 11 is 1.17. The number of hydrogen-bond donors (Lipinski definition) is 0. The normalized spacial score (nSPS) is 25.3. The van der Waals surface area contributed by atoms with Gasteiger partial charge in [-0.15, -0.1) is 4.54 Å². The fourth-order valence-electron chi connectivity index (χ4n) is 1.23. The molecule has 2 unspecified atom stereocenters. The summed E-state index contributed by atoms with van der Waals surface area (Å²) in [5, 5.41) is 11.0. The summed E-state index contributed by atoms with van der Waals surface area (Å²) in [6.45, 7) is 0. The Hall–Kier alpha value is -1.07. The van der Waals surface area contributed by atoms with E-state index in [4.69, 9.17) is 4.74 Å². The zero-order chi connectivity index (χ0) is 9.97. The maximum absolute atomic E-state index is 11.2. The molecule has 1 aliphatic heterocycles. The Labute approximate surface area is 85.7 Å². The van der Waals surface area contributed by atoms with E-state index in [1.165, 1.54) is 11.9 Å². The van der Waals surface area contributed by atoms with Gasteiger partial charge in [-0.05, 0) is 17.7 Å². The molecule has 0 bridgehead atoms. The lowest BCUT2D eigenvalue weighted by Gasteiger charge is -2.10. The molecule has 2 atom stereocenters. The molecule has 0 amide bonds. The predicted octanol–water partition coefficient (Wildman–Crippen LogP) is 1.39. The number of methoxy groups -OCH3 is 1. The number of nitroso groups, excluding NO2 is 1. The smallest absolute Gasteiger partial charge is 0.284 e. The largest absolute Gasteiger partial charge is 0.767 e. The molecule has 1 aromatic rings. The molecule has 1 aliphatic rings. The Morgan fingerprint density at radius 2 is 2.14 bits per heavy atom. The van der Waals surface area contributed by atoms with Crippen molar-refractivity contribution in [2.75, 3.05) is 7.11 Å². The van der Waals surface area contributed by atoms with Gasteiger partial charge >= 0.3 is 0 Å². The highest BCUT2D eigenvalue weighted by Crippen LogP contribution is 2.37. The summed E-state index contributed by atoms with van der Waals surface area (Å²) in [6.07, 6.45) is -1.10. The summed E-state index contributed by atoms with van der Waals surface area (Å²) in [5.41, 5.74) is 0.914. The van der Waals surface area contributed by atoms with E-state index in [2.05, 4.69) is 9.12 Å². The molecule has 0 saturated heterocycles. The van der Waals surface area contributed by atoms with Crippen molar-refractivity contribution in [3.8, 4) is 5.75 Å². The van der Waals surface area contributed by atoms with Crippen LogP contribution in [0.2, 0.25) is 0 Å². The van der Waals surface area contributed by atoms with Gasteiger partial charge in [0.1, 0.15) is 11.0 Å². The first-order valence-corrected chi connectivity index (χ1v) is 4.96. The summed E-state index contributed by atoms with van der Waals surface area (Å²) in [4.78, 5) is 0. The molecule has 1 heterocycles. The van der Waals surface area contributed by atoms with Crippen molar-refractivity contribution in [2.24, 2.45) is 4.58 Å². The van der Waals surface area contributed by atoms with Crippen LogP contribution in [0.5, 0.6) is 5.75 Å². The first-order valence-electron chi connectivity index (χ1n) is 4.13. The Morgan fingerprint density at radius 1 is 1.43 bits per heavy atom. The second-order valence-corrected chi connectivity index (χ2v) is 3.72. The van der Waals surface area contributed by atoms with Crippen molar-refractivity contribution in [3.05, 3.63) is 34.4 Å². The highest BCUT2D eigenvalue weighted by molar-refractivity contribution is 7.98. The van der Waals surface area contributed by atoms with Gasteiger partial charge < -0.3 is 9.84 Å². The number of nitrogens with zero attached hydrogens (tertiary/aromatic N) is 1. The summed E-state index contributed by atoms with van der Waals surface area (Å²) < 4.78 is 13.1. The number of benzene rings is 1. The lowest BCUT2D eigenvalue weighted by molar-refractivity contribution is -0.404. The molecule has 4 nitrogen and oxygen atoms in total. The average molecular weight is 211 g/mol. The van der Waals surface area contributed by atoms with Gasteiger partial charge in [0, 0.05) is 0 Å². The highest BCUT2D eigenvalue weighted by Gasteiger charge is 2.31.